The zero-order chi connectivity index (χ0) is 11.5. The first-order valence-corrected chi connectivity index (χ1v) is 6.07. The fourth-order valence-corrected chi connectivity index (χ4v) is 2.55. The van der Waals surface area contributed by atoms with Crippen LogP contribution < -0.4 is 10.2 Å². The maximum atomic E-state index is 4.24. The molecule has 1 saturated heterocycles. The molecule has 2 heterocycles. The molecule has 2 rings (SSSR count). The molecule has 2 unspecified atom stereocenters. The summed E-state index contributed by atoms with van der Waals surface area (Å²) in [5.41, 5.74) is 2.62. The lowest BCUT2D eigenvalue weighted by molar-refractivity contribution is 0.386. The molecule has 2 atom stereocenters. The third-order valence-electron chi connectivity index (χ3n) is 3.61. The zero-order valence-corrected chi connectivity index (χ0v) is 10.4. The predicted octanol–water partition coefficient (Wildman–Crippen LogP) is 1.97. The molecule has 0 aliphatic carbocycles. The van der Waals surface area contributed by atoms with Gasteiger partial charge >= 0.3 is 0 Å². The van der Waals surface area contributed by atoms with Crippen LogP contribution in [0.3, 0.4) is 0 Å². The van der Waals surface area contributed by atoms with Crippen LogP contribution in [0.25, 0.3) is 0 Å². The van der Waals surface area contributed by atoms with Gasteiger partial charge in [-0.05, 0) is 45.4 Å². The second-order valence-corrected chi connectivity index (χ2v) is 4.71. The van der Waals surface area contributed by atoms with Crippen molar-refractivity contribution >= 4 is 5.69 Å². The average molecular weight is 219 g/mol. The number of nitrogens with zero attached hydrogens (tertiary/aromatic N) is 2. The molecule has 1 fully saturated rings. The van der Waals surface area contributed by atoms with Gasteiger partial charge < -0.3 is 10.2 Å². The molecule has 88 valence electrons. The van der Waals surface area contributed by atoms with Crippen molar-refractivity contribution in [1.29, 1.82) is 0 Å². The van der Waals surface area contributed by atoms with Gasteiger partial charge in [0.05, 0.1) is 11.9 Å². The summed E-state index contributed by atoms with van der Waals surface area (Å²) in [7, 11) is 2.06. The summed E-state index contributed by atoms with van der Waals surface area (Å²) in [6, 6.07) is 3.35. The van der Waals surface area contributed by atoms with Crippen molar-refractivity contribution in [3.05, 3.63) is 24.0 Å². The highest BCUT2D eigenvalue weighted by Crippen LogP contribution is 2.26. The van der Waals surface area contributed by atoms with E-state index in [1.165, 1.54) is 24.1 Å². The smallest absolute Gasteiger partial charge is 0.0584 e. The molecule has 3 heteroatoms. The summed E-state index contributed by atoms with van der Waals surface area (Å²) in [5.74, 6) is 0. The lowest BCUT2D eigenvalue weighted by Crippen LogP contribution is -2.46. The number of aromatic nitrogens is 1. The fourth-order valence-electron chi connectivity index (χ4n) is 2.55. The van der Waals surface area contributed by atoms with Gasteiger partial charge in [0.2, 0.25) is 0 Å². The van der Waals surface area contributed by atoms with E-state index in [0.717, 1.165) is 6.54 Å². The Morgan fingerprint density at radius 1 is 1.50 bits per heavy atom. The van der Waals surface area contributed by atoms with Crippen LogP contribution in [0.4, 0.5) is 5.69 Å². The summed E-state index contributed by atoms with van der Waals surface area (Å²) in [6.07, 6.45) is 6.29. The molecule has 1 aromatic rings. The van der Waals surface area contributed by atoms with E-state index in [9.17, 15) is 0 Å². The molecule has 1 aliphatic heterocycles. The minimum Gasteiger partial charge on any atom is -0.367 e. The Labute approximate surface area is 97.9 Å². The van der Waals surface area contributed by atoms with Gasteiger partial charge in [-0.15, -0.1) is 0 Å². The van der Waals surface area contributed by atoms with Crippen LogP contribution in [0.15, 0.2) is 18.5 Å². The number of piperidine rings is 1. The summed E-state index contributed by atoms with van der Waals surface area (Å²) in [4.78, 5) is 6.72. The Balaban J connectivity index is 2.14. The van der Waals surface area contributed by atoms with Crippen molar-refractivity contribution in [2.75, 3.05) is 18.5 Å². The van der Waals surface area contributed by atoms with Crippen molar-refractivity contribution in [3.8, 4) is 0 Å². The van der Waals surface area contributed by atoms with Gasteiger partial charge in [0.15, 0.2) is 0 Å². The van der Waals surface area contributed by atoms with E-state index < -0.39 is 0 Å². The van der Waals surface area contributed by atoms with Gasteiger partial charge in [-0.2, -0.15) is 0 Å². The molecule has 0 radical (unpaired) electrons. The molecule has 1 N–H and O–H groups in total. The molecular weight excluding hydrogens is 198 g/mol. The Bertz CT molecular complexity index is 351. The van der Waals surface area contributed by atoms with Gasteiger partial charge in [-0.3, -0.25) is 4.98 Å². The van der Waals surface area contributed by atoms with Crippen molar-refractivity contribution in [2.24, 2.45) is 0 Å². The first-order chi connectivity index (χ1) is 7.72. The number of rotatable bonds is 2. The number of pyridine rings is 1. The van der Waals surface area contributed by atoms with Crippen molar-refractivity contribution in [3.63, 3.8) is 0 Å². The van der Waals surface area contributed by atoms with Gasteiger partial charge in [0.25, 0.3) is 0 Å². The first-order valence-electron chi connectivity index (χ1n) is 6.07. The SMILES string of the molecule is CNC1CCN(c2cnccc2C)C(C)C1. The number of hydrogen-bond donors (Lipinski definition) is 1. The standard InChI is InChI=1S/C13H21N3/c1-10-4-6-15-9-13(10)16-7-5-12(14-3)8-11(16)2/h4,6,9,11-12,14H,5,7-8H2,1-3H3. The second-order valence-electron chi connectivity index (χ2n) is 4.71. The van der Waals surface area contributed by atoms with E-state index in [4.69, 9.17) is 0 Å². The number of aryl methyl sites for hydroxylation is 1. The highest BCUT2D eigenvalue weighted by atomic mass is 15.2. The third kappa shape index (κ3) is 2.19. The van der Waals surface area contributed by atoms with E-state index in [0.29, 0.717) is 12.1 Å². The minimum absolute atomic E-state index is 0.592. The van der Waals surface area contributed by atoms with Crippen LogP contribution in [0.5, 0.6) is 0 Å². The van der Waals surface area contributed by atoms with Gasteiger partial charge in [0, 0.05) is 24.8 Å². The van der Waals surface area contributed by atoms with Crippen molar-refractivity contribution in [1.82, 2.24) is 10.3 Å². The van der Waals surface area contributed by atoms with Crippen molar-refractivity contribution in [2.45, 2.75) is 38.8 Å². The second kappa shape index (κ2) is 4.83. The Morgan fingerprint density at radius 2 is 2.31 bits per heavy atom. The zero-order valence-electron chi connectivity index (χ0n) is 10.4. The highest BCUT2D eigenvalue weighted by Gasteiger charge is 2.25. The van der Waals surface area contributed by atoms with E-state index in [-0.39, 0.29) is 0 Å². The van der Waals surface area contributed by atoms with Crippen LogP contribution in [-0.2, 0) is 0 Å². The molecule has 0 bridgehead atoms. The lowest BCUT2D eigenvalue weighted by Gasteiger charge is -2.39. The Morgan fingerprint density at radius 3 is 2.94 bits per heavy atom. The lowest BCUT2D eigenvalue weighted by atomic mass is 9.97. The van der Waals surface area contributed by atoms with Crippen LogP contribution in [0.1, 0.15) is 25.3 Å². The number of hydrogen-bond acceptors (Lipinski definition) is 3. The molecule has 1 aliphatic rings. The number of anilines is 1. The van der Waals surface area contributed by atoms with Gasteiger partial charge in [0.1, 0.15) is 0 Å². The van der Waals surface area contributed by atoms with E-state index >= 15 is 0 Å². The van der Waals surface area contributed by atoms with E-state index in [1.54, 1.807) is 0 Å². The largest absolute Gasteiger partial charge is 0.367 e. The summed E-state index contributed by atoms with van der Waals surface area (Å²) < 4.78 is 0. The maximum absolute atomic E-state index is 4.24. The van der Waals surface area contributed by atoms with Crippen molar-refractivity contribution < 1.29 is 0 Å². The van der Waals surface area contributed by atoms with E-state index in [2.05, 4.69) is 42.2 Å². The fraction of sp³-hybridized carbons (Fsp3) is 0.615. The van der Waals surface area contributed by atoms with Gasteiger partial charge in [-0.1, -0.05) is 0 Å². The highest BCUT2D eigenvalue weighted by molar-refractivity contribution is 5.52. The normalized spacial score (nSPS) is 25.8. The monoisotopic (exact) mass is 219 g/mol. The molecule has 16 heavy (non-hydrogen) atoms. The van der Waals surface area contributed by atoms with Crippen LogP contribution >= 0.6 is 0 Å². The van der Waals surface area contributed by atoms with Crippen LogP contribution in [0.2, 0.25) is 0 Å². The molecule has 0 aromatic carbocycles. The molecular formula is C13H21N3. The Kier molecular flexibility index (Phi) is 3.44. The molecule has 0 spiro atoms. The quantitative estimate of drug-likeness (QED) is 0.824. The summed E-state index contributed by atoms with van der Waals surface area (Å²) >= 11 is 0. The summed E-state index contributed by atoms with van der Waals surface area (Å²) in [6.45, 7) is 5.59. The molecule has 0 amide bonds. The molecule has 1 aromatic heterocycles. The third-order valence-corrected chi connectivity index (χ3v) is 3.61. The topological polar surface area (TPSA) is 28.2 Å². The Hall–Kier alpha value is -1.09. The molecule has 3 nitrogen and oxygen atoms in total. The average Bonchev–Trinajstić information content (AvgIpc) is 2.30. The predicted molar refractivity (Wildman–Crippen MR) is 67.9 cm³/mol. The summed E-state index contributed by atoms with van der Waals surface area (Å²) in [5, 5.41) is 3.38. The number of nitrogens with one attached hydrogen (secondary N) is 1. The maximum Gasteiger partial charge on any atom is 0.0584 e. The van der Waals surface area contributed by atoms with Crippen LogP contribution in [-0.4, -0.2) is 30.7 Å². The minimum atomic E-state index is 0.592. The first kappa shape index (κ1) is 11.4. The van der Waals surface area contributed by atoms with Crippen LogP contribution in [0, 0.1) is 6.92 Å². The van der Waals surface area contributed by atoms with E-state index in [1.807, 2.05) is 12.4 Å². The molecule has 0 saturated carbocycles. The van der Waals surface area contributed by atoms with Gasteiger partial charge in [-0.25, -0.2) is 0 Å².